The molecule has 1 N–H and O–H groups in total. The second-order valence-electron chi connectivity index (χ2n) is 7.20. The third-order valence-corrected chi connectivity index (χ3v) is 6.10. The first-order valence-electron chi connectivity index (χ1n) is 9.98. The zero-order chi connectivity index (χ0) is 20.8. The number of carbonyl (C=O) groups is 1. The van der Waals surface area contributed by atoms with E-state index in [0.717, 1.165) is 40.5 Å². The first-order chi connectivity index (χ1) is 14.0. The predicted molar refractivity (Wildman–Crippen MR) is 119 cm³/mol. The SMILES string of the molecule is CCC[C@H](NC(=O)[C@H](C)Sc1nnc(-c2ccccc2C)n1C)c1ccccc1. The van der Waals surface area contributed by atoms with Crippen LogP contribution in [0.2, 0.25) is 0 Å². The van der Waals surface area contributed by atoms with Crippen molar-refractivity contribution in [2.24, 2.45) is 7.05 Å². The normalized spacial score (nSPS) is 13.1. The van der Waals surface area contributed by atoms with E-state index in [1.165, 1.54) is 11.8 Å². The van der Waals surface area contributed by atoms with Gasteiger partial charge in [0.05, 0.1) is 11.3 Å². The van der Waals surface area contributed by atoms with Crippen LogP contribution in [0, 0.1) is 6.92 Å². The van der Waals surface area contributed by atoms with Gasteiger partial charge in [0.15, 0.2) is 11.0 Å². The zero-order valence-electron chi connectivity index (χ0n) is 17.4. The third kappa shape index (κ3) is 5.07. The van der Waals surface area contributed by atoms with Crippen LogP contribution >= 0.6 is 11.8 Å². The Morgan fingerprint density at radius 1 is 1.10 bits per heavy atom. The molecule has 0 bridgehead atoms. The summed E-state index contributed by atoms with van der Waals surface area (Å²) in [5, 5.41) is 12.3. The second kappa shape index (κ2) is 9.74. The number of rotatable bonds is 8. The van der Waals surface area contributed by atoms with Crippen LogP contribution in [-0.2, 0) is 11.8 Å². The predicted octanol–water partition coefficient (Wildman–Crippen LogP) is 4.93. The first-order valence-corrected chi connectivity index (χ1v) is 10.9. The van der Waals surface area contributed by atoms with Crippen molar-refractivity contribution in [1.82, 2.24) is 20.1 Å². The highest BCUT2D eigenvalue weighted by Crippen LogP contribution is 2.28. The minimum atomic E-state index is -0.273. The average Bonchev–Trinajstić information content (AvgIpc) is 3.08. The fourth-order valence-electron chi connectivity index (χ4n) is 3.27. The summed E-state index contributed by atoms with van der Waals surface area (Å²) in [6, 6.07) is 18.3. The fraction of sp³-hybridized carbons (Fsp3) is 0.348. The number of aromatic nitrogens is 3. The number of nitrogens with zero attached hydrogens (tertiary/aromatic N) is 3. The topological polar surface area (TPSA) is 59.8 Å². The number of thioether (sulfide) groups is 1. The van der Waals surface area contributed by atoms with Crippen LogP contribution in [-0.4, -0.2) is 25.9 Å². The number of amides is 1. The van der Waals surface area contributed by atoms with Gasteiger partial charge in [-0.3, -0.25) is 4.79 Å². The van der Waals surface area contributed by atoms with Crippen LogP contribution in [0.5, 0.6) is 0 Å². The summed E-state index contributed by atoms with van der Waals surface area (Å²) in [7, 11) is 1.94. The molecule has 0 radical (unpaired) electrons. The van der Waals surface area contributed by atoms with Crippen molar-refractivity contribution in [1.29, 1.82) is 0 Å². The number of hydrogen-bond acceptors (Lipinski definition) is 4. The fourth-order valence-corrected chi connectivity index (χ4v) is 4.10. The van der Waals surface area contributed by atoms with Gasteiger partial charge in [-0.1, -0.05) is 79.7 Å². The largest absolute Gasteiger partial charge is 0.348 e. The van der Waals surface area contributed by atoms with Gasteiger partial charge in [0.1, 0.15) is 0 Å². The minimum Gasteiger partial charge on any atom is -0.348 e. The van der Waals surface area contributed by atoms with Crippen molar-refractivity contribution >= 4 is 17.7 Å². The van der Waals surface area contributed by atoms with Gasteiger partial charge in [0.2, 0.25) is 5.91 Å². The van der Waals surface area contributed by atoms with Crippen LogP contribution in [0.25, 0.3) is 11.4 Å². The van der Waals surface area contributed by atoms with Gasteiger partial charge in [0.25, 0.3) is 0 Å². The van der Waals surface area contributed by atoms with E-state index in [0.29, 0.717) is 0 Å². The Hall–Kier alpha value is -2.60. The van der Waals surface area contributed by atoms with E-state index < -0.39 is 0 Å². The summed E-state index contributed by atoms with van der Waals surface area (Å²) in [6.45, 7) is 6.10. The molecular formula is C23H28N4OS. The number of hydrogen-bond donors (Lipinski definition) is 1. The smallest absolute Gasteiger partial charge is 0.233 e. The van der Waals surface area contributed by atoms with E-state index in [1.54, 1.807) is 0 Å². The van der Waals surface area contributed by atoms with Crippen molar-refractivity contribution < 1.29 is 4.79 Å². The number of aryl methyl sites for hydroxylation is 1. The second-order valence-corrected chi connectivity index (χ2v) is 8.51. The summed E-state index contributed by atoms with van der Waals surface area (Å²) < 4.78 is 1.96. The van der Waals surface area contributed by atoms with Gasteiger partial charge in [-0.15, -0.1) is 10.2 Å². The summed E-state index contributed by atoms with van der Waals surface area (Å²) in [5.74, 6) is 0.823. The molecule has 0 unspecified atom stereocenters. The number of nitrogens with one attached hydrogen (secondary N) is 1. The van der Waals surface area contributed by atoms with Crippen LogP contribution in [0.1, 0.15) is 43.9 Å². The number of benzene rings is 2. The van der Waals surface area contributed by atoms with Crippen LogP contribution in [0.4, 0.5) is 0 Å². The molecular weight excluding hydrogens is 380 g/mol. The lowest BCUT2D eigenvalue weighted by atomic mass is 10.0. The van der Waals surface area contributed by atoms with Gasteiger partial charge >= 0.3 is 0 Å². The standard InChI is InChI=1S/C23H28N4OS/c1-5-11-20(18-13-7-6-8-14-18)24-22(28)17(3)29-23-26-25-21(27(23)4)19-15-10-9-12-16(19)2/h6-10,12-15,17,20H,5,11H2,1-4H3,(H,24,28)/t17-,20-/m0/s1. The quantitative estimate of drug-likeness (QED) is 0.537. The first kappa shape index (κ1) is 21.1. The molecule has 0 saturated heterocycles. The summed E-state index contributed by atoms with van der Waals surface area (Å²) in [6.07, 6.45) is 1.92. The number of carbonyl (C=O) groups excluding carboxylic acids is 1. The van der Waals surface area contributed by atoms with Crippen molar-refractivity contribution in [2.45, 2.75) is 50.1 Å². The third-order valence-electron chi connectivity index (χ3n) is 4.97. The maximum absolute atomic E-state index is 12.9. The highest BCUT2D eigenvalue weighted by Gasteiger charge is 2.22. The Labute approximate surface area is 176 Å². The lowest BCUT2D eigenvalue weighted by Crippen LogP contribution is -2.34. The lowest BCUT2D eigenvalue weighted by Gasteiger charge is -2.21. The maximum atomic E-state index is 12.9. The molecule has 0 aliphatic carbocycles. The van der Waals surface area contributed by atoms with Crippen molar-refractivity contribution in [3.05, 3.63) is 65.7 Å². The molecule has 0 spiro atoms. The van der Waals surface area contributed by atoms with Crippen LogP contribution in [0.15, 0.2) is 59.8 Å². The highest BCUT2D eigenvalue weighted by atomic mass is 32.2. The van der Waals surface area contributed by atoms with E-state index >= 15 is 0 Å². The molecule has 6 heteroatoms. The molecule has 5 nitrogen and oxygen atoms in total. The van der Waals surface area contributed by atoms with Gasteiger partial charge in [-0.05, 0) is 31.4 Å². The maximum Gasteiger partial charge on any atom is 0.233 e. The van der Waals surface area contributed by atoms with E-state index in [1.807, 2.05) is 54.9 Å². The Kier molecular flexibility index (Phi) is 7.09. The molecule has 2 atom stereocenters. The Morgan fingerprint density at radius 3 is 2.48 bits per heavy atom. The molecule has 0 aliphatic rings. The molecule has 3 aromatic rings. The van der Waals surface area contributed by atoms with E-state index in [4.69, 9.17) is 0 Å². The van der Waals surface area contributed by atoms with Crippen molar-refractivity contribution in [3.8, 4) is 11.4 Å². The van der Waals surface area contributed by atoms with Gasteiger partial charge in [-0.25, -0.2) is 0 Å². The van der Waals surface area contributed by atoms with Crippen LogP contribution < -0.4 is 5.32 Å². The van der Waals surface area contributed by atoms with Gasteiger partial charge in [0, 0.05) is 12.6 Å². The lowest BCUT2D eigenvalue weighted by molar-refractivity contribution is -0.121. The Balaban J connectivity index is 1.70. The molecule has 2 aromatic carbocycles. The highest BCUT2D eigenvalue weighted by molar-refractivity contribution is 8.00. The zero-order valence-corrected chi connectivity index (χ0v) is 18.2. The van der Waals surface area contributed by atoms with Crippen molar-refractivity contribution in [2.75, 3.05) is 0 Å². The Morgan fingerprint density at radius 2 is 1.79 bits per heavy atom. The molecule has 0 saturated carbocycles. The molecule has 152 valence electrons. The summed E-state index contributed by atoms with van der Waals surface area (Å²) in [5.41, 5.74) is 3.34. The molecule has 1 aromatic heterocycles. The van der Waals surface area contributed by atoms with Gasteiger partial charge < -0.3 is 9.88 Å². The van der Waals surface area contributed by atoms with E-state index in [9.17, 15) is 4.79 Å². The molecule has 1 amide bonds. The molecule has 3 rings (SSSR count). The Bertz CT molecular complexity index is 955. The minimum absolute atomic E-state index is 0.0118. The molecule has 1 heterocycles. The summed E-state index contributed by atoms with van der Waals surface area (Å²) >= 11 is 1.43. The van der Waals surface area contributed by atoms with E-state index in [-0.39, 0.29) is 17.2 Å². The van der Waals surface area contributed by atoms with Crippen molar-refractivity contribution in [3.63, 3.8) is 0 Å². The molecule has 0 aliphatic heterocycles. The molecule has 29 heavy (non-hydrogen) atoms. The summed E-state index contributed by atoms with van der Waals surface area (Å²) in [4.78, 5) is 12.9. The van der Waals surface area contributed by atoms with E-state index in [2.05, 4.69) is 47.6 Å². The molecule has 0 fully saturated rings. The average molecular weight is 409 g/mol. The van der Waals surface area contributed by atoms with Crippen LogP contribution in [0.3, 0.4) is 0 Å². The monoisotopic (exact) mass is 408 g/mol. The van der Waals surface area contributed by atoms with Gasteiger partial charge in [-0.2, -0.15) is 0 Å².